The fourth-order valence-corrected chi connectivity index (χ4v) is 1.89. The zero-order valence-electron chi connectivity index (χ0n) is 10.9. The van der Waals surface area contributed by atoms with Crippen molar-refractivity contribution in [3.8, 4) is 6.07 Å². The van der Waals surface area contributed by atoms with Gasteiger partial charge in [-0.05, 0) is 24.6 Å². The molecule has 0 amide bonds. The molecule has 100 valence electrons. The molecule has 0 heterocycles. The minimum Gasteiger partial charge on any atom is -0.364 e. The molecule has 2 aromatic rings. The summed E-state index contributed by atoms with van der Waals surface area (Å²) in [6, 6.07) is 17.6. The molecule has 0 aliphatic carbocycles. The molecule has 5 heteroatoms. The lowest BCUT2D eigenvalue weighted by Gasteiger charge is -2.25. The van der Waals surface area contributed by atoms with Crippen molar-refractivity contribution in [2.24, 2.45) is 0 Å². The third-order valence-electron chi connectivity index (χ3n) is 3.05. The Hall–Kier alpha value is -2.87. The normalized spacial score (nSPS) is 13.0. The van der Waals surface area contributed by atoms with E-state index in [9.17, 15) is 15.4 Å². The van der Waals surface area contributed by atoms with Crippen molar-refractivity contribution >= 4 is 11.4 Å². The van der Waals surface area contributed by atoms with E-state index in [1.54, 1.807) is 19.1 Å². The first-order valence-corrected chi connectivity index (χ1v) is 6.04. The lowest BCUT2D eigenvalue weighted by molar-refractivity contribution is -0.384. The Morgan fingerprint density at radius 1 is 1.15 bits per heavy atom. The Morgan fingerprint density at radius 3 is 2.25 bits per heavy atom. The van der Waals surface area contributed by atoms with Crippen LogP contribution in [0.5, 0.6) is 0 Å². The number of hydrogen-bond acceptors (Lipinski definition) is 4. The number of benzene rings is 2. The largest absolute Gasteiger partial charge is 0.364 e. The van der Waals surface area contributed by atoms with Gasteiger partial charge in [0, 0.05) is 17.8 Å². The SMILES string of the molecule is CC(C#N)(Nc1ccc([N+](=O)[O-])cc1)c1ccccc1. The number of nitriles is 1. The summed E-state index contributed by atoms with van der Waals surface area (Å²) in [5.74, 6) is 0. The van der Waals surface area contributed by atoms with Gasteiger partial charge in [0.15, 0.2) is 0 Å². The molecule has 0 saturated heterocycles. The van der Waals surface area contributed by atoms with E-state index in [4.69, 9.17) is 0 Å². The van der Waals surface area contributed by atoms with Crippen molar-refractivity contribution in [1.82, 2.24) is 0 Å². The summed E-state index contributed by atoms with van der Waals surface area (Å²) in [5, 5.41) is 23.1. The van der Waals surface area contributed by atoms with Crippen molar-refractivity contribution < 1.29 is 4.92 Å². The molecular weight excluding hydrogens is 254 g/mol. The average Bonchev–Trinajstić information content (AvgIpc) is 2.48. The van der Waals surface area contributed by atoms with Crippen molar-refractivity contribution in [3.05, 3.63) is 70.3 Å². The summed E-state index contributed by atoms with van der Waals surface area (Å²) in [4.78, 5) is 10.2. The first-order valence-electron chi connectivity index (χ1n) is 6.04. The van der Waals surface area contributed by atoms with Crippen molar-refractivity contribution in [2.45, 2.75) is 12.5 Å². The van der Waals surface area contributed by atoms with Crippen LogP contribution in [0.4, 0.5) is 11.4 Å². The minimum atomic E-state index is -0.891. The maximum absolute atomic E-state index is 10.6. The molecule has 2 aromatic carbocycles. The number of hydrogen-bond donors (Lipinski definition) is 1. The van der Waals surface area contributed by atoms with Crippen molar-refractivity contribution in [1.29, 1.82) is 5.26 Å². The smallest absolute Gasteiger partial charge is 0.269 e. The van der Waals surface area contributed by atoms with Gasteiger partial charge in [-0.3, -0.25) is 10.1 Å². The minimum absolute atomic E-state index is 0.0221. The third kappa shape index (κ3) is 2.75. The molecule has 0 fully saturated rings. The number of nitro groups is 1. The van der Waals surface area contributed by atoms with Crippen LogP contribution in [0.1, 0.15) is 12.5 Å². The van der Waals surface area contributed by atoms with E-state index in [0.29, 0.717) is 5.69 Å². The molecule has 5 nitrogen and oxygen atoms in total. The van der Waals surface area contributed by atoms with Gasteiger partial charge in [0.05, 0.1) is 11.0 Å². The molecule has 1 unspecified atom stereocenters. The Kier molecular flexibility index (Phi) is 3.67. The van der Waals surface area contributed by atoms with Crippen molar-refractivity contribution in [3.63, 3.8) is 0 Å². The van der Waals surface area contributed by atoms with Gasteiger partial charge in [0.2, 0.25) is 0 Å². The number of nitrogens with one attached hydrogen (secondary N) is 1. The van der Waals surface area contributed by atoms with E-state index in [2.05, 4.69) is 11.4 Å². The van der Waals surface area contributed by atoms with E-state index >= 15 is 0 Å². The van der Waals surface area contributed by atoms with E-state index in [0.717, 1.165) is 5.56 Å². The molecule has 0 aliphatic rings. The molecule has 20 heavy (non-hydrogen) atoms. The van der Waals surface area contributed by atoms with Crippen LogP contribution in [-0.4, -0.2) is 4.92 Å². The lowest BCUT2D eigenvalue weighted by Crippen LogP contribution is -2.29. The van der Waals surface area contributed by atoms with Gasteiger partial charge in [0.25, 0.3) is 5.69 Å². The van der Waals surface area contributed by atoms with Gasteiger partial charge >= 0.3 is 0 Å². The number of anilines is 1. The van der Waals surface area contributed by atoms with E-state index in [-0.39, 0.29) is 5.69 Å². The first kappa shape index (κ1) is 13.6. The zero-order valence-corrected chi connectivity index (χ0v) is 10.9. The molecule has 0 aliphatic heterocycles. The average molecular weight is 267 g/mol. The Bertz CT molecular complexity index is 647. The van der Waals surface area contributed by atoms with Crippen LogP contribution in [0.15, 0.2) is 54.6 Å². The second kappa shape index (κ2) is 5.41. The Labute approximate surface area is 116 Å². The molecular formula is C15H13N3O2. The highest BCUT2D eigenvalue weighted by atomic mass is 16.6. The molecule has 1 atom stereocenters. The van der Waals surface area contributed by atoms with E-state index < -0.39 is 10.5 Å². The maximum atomic E-state index is 10.6. The van der Waals surface area contributed by atoms with Crippen LogP contribution in [-0.2, 0) is 5.54 Å². The predicted octanol–water partition coefficient (Wildman–Crippen LogP) is 3.45. The molecule has 0 radical (unpaired) electrons. The van der Waals surface area contributed by atoms with Gasteiger partial charge in [-0.1, -0.05) is 30.3 Å². The number of rotatable bonds is 4. The summed E-state index contributed by atoms with van der Waals surface area (Å²) in [7, 11) is 0. The van der Waals surface area contributed by atoms with Crippen LogP contribution in [0, 0.1) is 21.4 Å². The summed E-state index contributed by atoms with van der Waals surface area (Å²) in [6.45, 7) is 1.77. The lowest BCUT2D eigenvalue weighted by atomic mass is 9.93. The monoisotopic (exact) mass is 267 g/mol. The summed E-state index contributed by atoms with van der Waals surface area (Å²) in [5.41, 5.74) is 0.621. The van der Waals surface area contributed by atoms with Crippen LogP contribution in [0.2, 0.25) is 0 Å². The highest BCUT2D eigenvalue weighted by Gasteiger charge is 2.25. The molecule has 1 N–H and O–H groups in total. The van der Waals surface area contributed by atoms with Crippen LogP contribution >= 0.6 is 0 Å². The quantitative estimate of drug-likeness (QED) is 0.679. The van der Waals surface area contributed by atoms with Gasteiger partial charge in [-0.15, -0.1) is 0 Å². The molecule has 0 aromatic heterocycles. The zero-order chi connectivity index (χ0) is 14.6. The fourth-order valence-electron chi connectivity index (χ4n) is 1.89. The second-order valence-corrected chi connectivity index (χ2v) is 4.53. The van der Waals surface area contributed by atoms with Gasteiger partial charge in [0.1, 0.15) is 5.54 Å². The molecule has 2 rings (SSSR count). The van der Waals surface area contributed by atoms with Gasteiger partial charge < -0.3 is 5.32 Å². The Morgan fingerprint density at radius 2 is 1.75 bits per heavy atom. The number of nitro benzene ring substituents is 1. The summed E-state index contributed by atoms with van der Waals surface area (Å²) < 4.78 is 0. The van der Waals surface area contributed by atoms with Crippen molar-refractivity contribution in [2.75, 3.05) is 5.32 Å². The van der Waals surface area contributed by atoms with E-state index in [1.165, 1.54) is 12.1 Å². The third-order valence-corrected chi connectivity index (χ3v) is 3.05. The highest BCUT2D eigenvalue weighted by molar-refractivity contribution is 5.53. The fraction of sp³-hybridized carbons (Fsp3) is 0.133. The van der Waals surface area contributed by atoms with Gasteiger partial charge in [-0.25, -0.2) is 0 Å². The number of non-ortho nitro benzene ring substituents is 1. The Balaban J connectivity index is 2.27. The molecule has 0 bridgehead atoms. The van der Waals surface area contributed by atoms with E-state index in [1.807, 2.05) is 30.3 Å². The standard InChI is InChI=1S/C15H13N3O2/c1-15(11-16,12-5-3-2-4-6-12)17-13-7-9-14(10-8-13)18(19)20/h2-10,17H,1H3. The summed E-state index contributed by atoms with van der Waals surface area (Å²) >= 11 is 0. The topological polar surface area (TPSA) is 79.0 Å². The van der Waals surface area contributed by atoms with Crippen LogP contribution < -0.4 is 5.32 Å². The van der Waals surface area contributed by atoms with Crippen LogP contribution in [0.3, 0.4) is 0 Å². The van der Waals surface area contributed by atoms with Crippen LogP contribution in [0.25, 0.3) is 0 Å². The maximum Gasteiger partial charge on any atom is 0.269 e. The number of nitrogens with zero attached hydrogens (tertiary/aromatic N) is 2. The molecule has 0 saturated carbocycles. The summed E-state index contributed by atoms with van der Waals surface area (Å²) in [6.07, 6.45) is 0. The second-order valence-electron chi connectivity index (χ2n) is 4.53. The predicted molar refractivity (Wildman–Crippen MR) is 76.1 cm³/mol. The highest BCUT2D eigenvalue weighted by Crippen LogP contribution is 2.26. The van der Waals surface area contributed by atoms with Gasteiger partial charge in [-0.2, -0.15) is 5.26 Å². The first-order chi connectivity index (χ1) is 9.55. The molecule has 0 spiro atoms.